The highest BCUT2D eigenvalue weighted by molar-refractivity contribution is 5.73. The molecule has 100 valence electrons. The SMILES string of the molecule is COC(=O)[C@@H]1CCC[C@@H]1c1nc(CC(C)C)no1. The van der Waals surface area contributed by atoms with E-state index in [1.165, 1.54) is 7.11 Å². The second-order valence-electron chi connectivity index (χ2n) is 5.31. The number of esters is 1. The van der Waals surface area contributed by atoms with E-state index in [2.05, 4.69) is 24.0 Å². The maximum Gasteiger partial charge on any atom is 0.309 e. The minimum Gasteiger partial charge on any atom is -0.469 e. The second kappa shape index (κ2) is 5.50. The maximum atomic E-state index is 11.7. The molecule has 0 amide bonds. The zero-order valence-corrected chi connectivity index (χ0v) is 11.2. The summed E-state index contributed by atoms with van der Waals surface area (Å²) in [7, 11) is 1.43. The van der Waals surface area contributed by atoms with Crippen molar-refractivity contribution in [1.82, 2.24) is 10.1 Å². The number of methoxy groups -OCH3 is 1. The zero-order valence-electron chi connectivity index (χ0n) is 11.2. The summed E-state index contributed by atoms with van der Waals surface area (Å²) in [6.45, 7) is 4.23. The lowest BCUT2D eigenvalue weighted by Gasteiger charge is -2.12. The Bertz CT molecular complexity index is 414. The van der Waals surface area contributed by atoms with E-state index in [0.29, 0.717) is 11.8 Å². The van der Waals surface area contributed by atoms with Crippen molar-refractivity contribution in [2.24, 2.45) is 11.8 Å². The fourth-order valence-corrected chi connectivity index (χ4v) is 2.56. The van der Waals surface area contributed by atoms with Gasteiger partial charge in [-0.25, -0.2) is 0 Å². The van der Waals surface area contributed by atoms with Gasteiger partial charge in [0, 0.05) is 6.42 Å². The van der Waals surface area contributed by atoms with Crippen molar-refractivity contribution < 1.29 is 14.1 Å². The van der Waals surface area contributed by atoms with E-state index in [4.69, 9.17) is 9.26 Å². The minimum absolute atomic E-state index is 0.0332. The summed E-state index contributed by atoms with van der Waals surface area (Å²) in [5, 5.41) is 3.98. The number of ether oxygens (including phenoxy) is 1. The summed E-state index contributed by atoms with van der Waals surface area (Å²) >= 11 is 0. The fraction of sp³-hybridized carbons (Fsp3) is 0.769. The third kappa shape index (κ3) is 2.71. The van der Waals surface area contributed by atoms with Gasteiger partial charge in [-0.1, -0.05) is 25.4 Å². The first-order chi connectivity index (χ1) is 8.61. The van der Waals surface area contributed by atoms with E-state index in [1.807, 2.05) is 0 Å². The molecule has 1 fully saturated rings. The zero-order chi connectivity index (χ0) is 13.1. The van der Waals surface area contributed by atoms with Crippen molar-refractivity contribution in [2.75, 3.05) is 7.11 Å². The number of hydrogen-bond donors (Lipinski definition) is 0. The molecule has 1 aromatic heterocycles. The first kappa shape index (κ1) is 13.1. The third-order valence-electron chi connectivity index (χ3n) is 3.41. The Hall–Kier alpha value is -1.39. The van der Waals surface area contributed by atoms with Crippen LogP contribution in [0, 0.1) is 11.8 Å². The Balaban J connectivity index is 2.10. The standard InChI is InChI=1S/C13H20N2O3/c1-8(2)7-11-14-12(18-15-11)9-5-4-6-10(9)13(16)17-3/h8-10H,4-7H2,1-3H3/t9-,10+/m0/s1. The first-order valence-corrected chi connectivity index (χ1v) is 6.52. The summed E-state index contributed by atoms with van der Waals surface area (Å²) in [6.07, 6.45) is 3.58. The lowest BCUT2D eigenvalue weighted by atomic mass is 9.96. The van der Waals surface area contributed by atoms with Crippen LogP contribution >= 0.6 is 0 Å². The van der Waals surface area contributed by atoms with Crippen molar-refractivity contribution in [3.63, 3.8) is 0 Å². The predicted molar refractivity (Wildman–Crippen MR) is 64.9 cm³/mol. The Morgan fingerprint density at radius 3 is 2.94 bits per heavy atom. The number of carbonyl (C=O) groups excluding carboxylic acids is 1. The lowest BCUT2D eigenvalue weighted by molar-refractivity contribution is -0.145. The lowest BCUT2D eigenvalue weighted by Crippen LogP contribution is -2.19. The molecule has 1 saturated carbocycles. The molecule has 0 aromatic carbocycles. The van der Waals surface area contributed by atoms with Gasteiger partial charge in [-0.05, 0) is 18.8 Å². The van der Waals surface area contributed by atoms with Crippen LogP contribution in [0.4, 0.5) is 0 Å². The van der Waals surface area contributed by atoms with Gasteiger partial charge in [0.05, 0.1) is 18.9 Å². The quantitative estimate of drug-likeness (QED) is 0.769. The smallest absolute Gasteiger partial charge is 0.309 e. The molecule has 1 aromatic rings. The first-order valence-electron chi connectivity index (χ1n) is 6.52. The molecule has 5 heteroatoms. The van der Waals surface area contributed by atoms with E-state index >= 15 is 0 Å². The highest BCUT2D eigenvalue weighted by Crippen LogP contribution is 2.39. The molecule has 1 aliphatic carbocycles. The largest absolute Gasteiger partial charge is 0.469 e. The molecule has 2 rings (SSSR count). The number of nitrogens with zero attached hydrogens (tertiary/aromatic N) is 2. The van der Waals surface area contributed by atoms with Gasteiger partial charge in [0.1, 0.15) is 0 Å². The molecule has 18 heavy (non-hydrogen) atoms. The van der Waals surface area contributed by atoms with Gasteiger partial charge in [0.2, 0.25) is 5.89 Å². The van der Waals surface area contributed by atoms with Crippen LogP contribution < -0.4 is 0 Å². The van der Waals surface area contributed by atoms with Crippen LogP contribution in [0.5, 0.6) is 0 Å². The van der Waals surface area contributed by atoms with E-state index in [0.717, 1.165) is 31.5 Å². The van der Waals surface area contributed by atoms with Gasteiger partial charge in [-0.2, -0.15) is 4.98 Å². The summed E-state index contributed by atoms with van der Waals surface area (Å²) < 4.78 is 10.1. The topological polar surface area (TPSA) is 65.2 Å². The molecule has 0 unspecified atom stereocenters. The Morgan fingerprint density at radius 1 is 1.50 bits per heavy atom. The monoisotopic (exact) mass is 252 g/mol. The van der Waals surface area contributed by atoms with Crippen molar-refractivity contribution in [2.45, 2.75) is 45.4 Å². The van der Waals surface area contributed by atoms with Crippen molar-refractivity contribution in [1.29, 1.82) is 0 Å². The number of aromatic nitrogens is 2. The predicted octanol–water partition coefficient (Wildman–Crippen LogP) is 2.32. The van der Waals surface area contributed by atoms with Crippen LogP contribution in [0.25, 0.3) is 0 Å². The summed E-state index contributed by atoms with van der Waals surface area (Å²) in [5.41, 5.74) is 0. The van der Waals surface area contributed by atoms with Gasteiger partial charge in [0.15, 0.2) is 5.82 Å². The molecular formula is C13H20N2O3. The molecule has 1 heterocycles. The molecule has 0 saturated heterocycles. The molecule has 0 radical (unpaired) electrons. The van der Waals surface area contributed by atoms with Gasteiger partial charge >= 0.3 is 5.97 Å². The van der Waals surface area contributed by atoms with Crippen molar-refractivity contribution in [3.8, 4) is 0 Å². The van der Waals surface area contributed by atoms with E-state index < -0.39 is 0 Å². The summed E-state index contributed by atoms with van der Waals surface area (Å²) in [6, 6.07) is 0. The maximum absolute atomic E-state index is 11.7. The highest BCUT2D eigenvalue weighted by Gasteiger charge is 2.38. The fourth-order valence-electron chi connectivity index (χ4n) is 2.56. The second-order valence-corrected chi connectivity index (χ2v) is 5.31. The average Bonchev–Trinajstić information content (AvgIpc) is 2.94. The van der Waals surface area contributed by atoms with Crippen LogP contribution in [-0.2, 0) is 16.0 Å². The number of hydrogen-bond acceptors (Lipinski definition) is 5. The van der Waals surface area contributed by atoms with Crippen LogP contribution in [0.1, 0.15) is 50.7 Å². The molecular weight excluding hydrogens is 232 g/mol. The van der Waals surface area contributed by atoms with E-state index in [9.17, 15) is 4.79 Å². The highest BCUT2D eigenvalue weighted by atomic mass is 16.5. The van der Waals surface area contributed by atoms with E-state index in [1.54, 1.807) is 0 Å². The molecule has 0 spiro atoms. The Labute approximate surface area is 107 Å². The van der Waals surface area contributed by atoms with Crippen LogP contribution in [0.15, 0.2) is 4.52 Å². The van der Waals surface area contributed by atoms with Gasteiger partial charge in [-0.15, -0.1) is 0 Å². The van der Waals surface area contributed by atoms with Gasteiger partial charge in [-0.3, -0.25) is 4.79 Å². The third-order valence-corrected chi connectivity index (χ3v) is 3.41. The van der Waals surface area contributed by atoms with Gasteiger partial charge in [0.25, 0.3) is 0 Å². The Morgan fingerprint density at radius 2 is 2.28 bits per heavy atom. The Kier molecular flexibility index (Phi) is 3.99. The molecule has 1 aliphatic rings. The molecule has 0 aliphatic heterocycles. The average molecular weight is 252 g/mol. The minimum atomic E-state index is -0.166. The summed E-state index contributed by atoms with van der Waals surface area (Å²) in [4.78, 5) is 16.1. The molecule has 0 N–H and O–H groups in total. The van der Waals surface area contributed by atoms with Crippen LogP contribution in [0.2, 0.25) is 0 Å². The summed E-state index contributed by atoms with van der Waals surface area (Å²) in [5.74, 6) is 1.57. The number of rotatable bonds is 4. The number of carbonyl (C=O) groups is 1. The van der Waals surface area contributed by atoms with Crippen molar-refractivity contribution >= 4 is 5.97 Å². The molecule has 2 atom stereocenters. The molecule has 5 nitrogen and oxygen atoms in total. The van der Waals surface area contributed by atoms with Gasteiger partial charge < -0.3 is 9.26 Å². The van der Waals surface area contributed by atoms with Crippen LogP contribution in [-0.4, -0.2) is 23.2 Å². The van der Waals surface area contributed by atoms with Crippen LogP contribution in [0.3, 0.4) is 0 Å². The van der Waals surface area contributed by atoms with Crippen molar-refractivity contribution in [3.05, 3.63) is 11.7 Å². The van der Waals surface area contributed by atoms with E-state index in [-0.39, 0.29) is 17.8 Å². The molecule has 0 bridgehead atoms. The normalized spacial score (nSPS) is 23.6.